The van der Waals surface area contributed by atoms with Crippen LogP contribution in [-0.2, 0) is 14.6 Å². The van der Waals surface area contributed by atoms with Crippen LogP contribution >= 0.6 is 0 Å². The molecule has 0 bridgehead atoms. The molecular formula is C11H13FO5S. The normalized spacial score (nSPS) is 11.5. The van der Waals surface area contributed by atoms with E-state index in [1.807, 2.05) is 0 Å². The molecule has 0 spiro atoms. The van der Waals surface area contributed by atoms with Crippen LogP contribution in [0.15, 0.2) is 17.0 Å². The minimum Gasteiger partial charge on any atom is -0.478 e. The van der Waals surface area contributed by atoms with Gasteiger partial charge in [0, 0.05) is 7.11 Å². The first-order chi connectivity index (χ1) is 8.29. The Labute approximate surface area is 104 Å². The van der Waals surface area contributed by atoms with Gasteiger partial charge in [-0.2, -0.15) is 0 Å². The first-order valence-electron chi connectivity index (χ1n) is 5.04. The lowest BCUT2D eigenvalue weighted by molar-refractivity contribution is 0.0691. The third-order valence-electron chi connectivity index (χ3n) is 2.37. The van der Waals surface area contributed by atoms with Crippen LogP contribution in [0.25, 0.3) is 0 Å². The Bertz CT molecular complexity index is 565. The fourth-order valence-electron chi connectivity index (χ4n) is 1.38. The van der Waals surface area contributed by atoms with Crippen molar-refractivity contribution in [1.29, 1.82) is 0 Å². The Hall–Kier alpha value is -1.47. The number of hydrogen-bond donors (Lipinski definition) is 1. The van der Waals surface area contributed by atoms with Crippen LogP contribution in [-0.4, -0.2) is 39.0 Å². The molecule has 0 saturated carbocycles. The quantitative estimate of drug-likeness (QED) is 0.819. The van der Waals surface area contributed by atoms with Gasteiger partial charge in [-0.1, -0.05) is 0 Å². The zero-order valence-electron chi connectivity index (χ0n) is 9.94. The minimum absolute atomic E-state index is 0.0127. The zero-order valence-corrected chi connectivity index (χ0v) is 10.8. The van der Waals surface area contributed by atoms with Gasteiger partial charge in [-0.05, 0) is 24.6 Å². The maximum absolute atomic E-state index is 13.5. The predicted molar refractivity (Wildman–Crippen MR) is 62.0 cm³/mol. The Morgan fingerprint density at radius 1 is 1.44 bits per heavy atom. The molecule has 0 unspecified atom stereocenters. The second-order valence-corrected chi connectivity index (χ2v) is 5.83. The van der Waals surface area contributed by atoms with Gasteiger partial charge in [-0.3, -0.25) is 0 Å². The zero-order chi connectivity index (χ0) is 13.9. The monoisotopic (exact) mass is 276 g/mol. The summed E-state index contributed by atoms with van der Waals surface area (Å²) >= 11 is 0. The third kappa shape index (κ3) is 3.05. The fraction of sp³-hybridized carbons (Fsp3) is 0.364. The number of hydrogen-bond acceptors (Lipinski definition) is 4. The van der Waals surface area contributed by atoms with Crippen LogP contribution < -0.4 is 0 Å². The maximum Gasteiger partial charge on any atom is 0.338 e. The van der Waals surface area contributed by atoms with Gasteiger partial charge in [0.25, 0.3) is 0 Å². The highest BCUT2D eigenvalue weighted by atomic mass is 32.2. The molecule has 1 rings (SSSR count). The van der Waals surface area contributed by atoms with Crippen molar-refractivity contribution in [1.82, 2.24) is 0 Å². The molecule has 0 aliphatic heterocycles. The van der Waals surface area contributed by atoms with E-state index in [1.54, 1.807) is 0 Å². The minimum atomic E-state index is -3.67. The second-order valence-electron chi connectivity index (χ2n) is 3.72. The lowest BCUT2D eigenvalue weighted by Gasteiger charge is -2.08. The lowest BCUT2D eigenvalue weighted by Crippen LogP contribution is -2.13. The Morgan fingerprint density at radius 2 is 2.06 bits per heavy atom. The highest BCUT2D eigenvalue weighted by Crippen LogP contribution is 2.20. The Morgan fingerprint density at radius 3 is 2.56 bits per heavy atom. The Balaban J connectivity index is 3.31. The van der Waals surface area contributed by atoms with E-state index in [0.29, 0.717) is 0 Å². The van der Waals surface area contributed by atoms with Crippen LogP contribution in [0.2, 0.25) is 0 Å². The van der Waals surface area contributed by atoms with Crippen LogP contribution in [0.5, 0.6) is 0 Å². The standard InChI is InChI=1S/C11H13FO5S/c1-7-5-8(18(15,16)4-3-17-2)6-9(10(7)12)11(13)14/h5-6H,3-4H2,1-2H3,(H,13,14). The molecule has 0 atom stereocenters. The summed E-state index contributed by atoms with van der Waals surface area (Å²) in [6.45, 7) is 1.30. The molecule has 1 N–H and O–H groups in total. The molecule has 0 aliphatic rings. The third-order valence-corrected chi connectivity index (χ3v) is 4.03. The molecule has 1 aromatic carbocycles. The number of carboxylic acid groups (broad SMARTS) is 1. The van der Waals surface area contributed by atoms with Gasteiger partial charge in [0.05, 0.1) is 22.8 Å². The van der Waals surface area contributed by atoms with Gasteiger partial charge < -0.3 is 9.84 Å². The van der Waals surface area contributed by atoms with Gasteiger partial charge in [-0.25, -0.2) is 17.6 Å². The maximum atomic E-state index is 13.5. The van der Waals surface area contributed by atoms with E-state index in [0.717, 1.165) is 12.1 Å². The molecule has 0 amide bonds. The molecule has 1 aromatic rings. The highest BCUT2D eigenvalue weighted by Gasteiger charge is 2.21. The van der Waals surface area contributed by atoms with E-state index in [1.165, 1.54) is 14.0 Å². The smallest absolute Gasteiger partial charge is 0.338 e. The van der Waals surface area contributed by atoms with Crippen molar-refractivity contribution in [3.05, 3.63) is 29.1 Å². The number of methoxy groups -OCH3 is 1. The van der Waals surface area contributed by atoms with Crippen molar-refractivity contribution in [3.8, 4) is 0 Å². The van der Waals surface area contributed by atoms with E-state index < -0.39 is 27.2 Å². The van der Waals surface area contributed by atoms with Gasteiger partial charge in [0.15, 0.2) is 9.84 Å². The average molecular weight is 276 g/mol. The number of aryl methyl sites for hydroxylation is 1. The molecule has 0 fully saturated rings. The summed E-state index contributed by atoms with van der Waals surface area (Å²) in [6.07, 6.45) is 0. The number of rotatable bonds is 5. The van der Waals surface area contributed by atoms with Gasteiger partial charge >= 0.3 is 5.97 Å². The number of carboxylic acids is 1. The van der Waals surface area contributed by atoms with Crippen molar-refractivity contribution in [3.63, 3.8) is 0 Å². The van der Waals surface area contributed by atoms with Crippen LogP contribution in [0.1, 0.15) is 15.9 Å². The SMILES string of the molecule is COCCS(=O)(=O)c1cc(C)c(F)c(C(=O)O)c1. The van der Waals surface area contributed by atoms with Crippen molar-refractivity contribution in [2.24, 2.45) is 0 Å². The van der Waals surface area contributed by atoms with Gasteiger partial charge in [0.2, 0.25) is 0 Å². The number of halogens is 1. The summed E-state index contributed by atoms with van der Waals surface area (Å²) in [4.78, 5) is 10.6. The molecule has 5 nitrogen and oxygen atoms in total. The van der Waals surface area contributed by atoms with Crippen molar-refractivity contribution in [2.75, 3.05) is 19.5 Å². The van der Waals surface area contributed by atoms with Crippen molar-refractivity contribution >= 4 is 15.8 Å². The largest absolute Gasteiger partial charge is 0.478 e. The Kier molecular flexibility index (Phi) is 4.42. The van der Waals surface area contributed by atoms with E-state index in [2.05, 4.69) is 4.74 Å². The van der Waals surface area contributed by atoms with Crippen LogP contribution in [0, 0.1) is 12.7 Å². The predicted octanol–water partition coefficient (Wildman–Crippen LogP) is 1.25. The number of aromatic carboxylic acids is 1. The van der Waals surface area contributed by atoms with E-state index in [9.17, 15) is 17.6 Å². The van der Waals surface area contributed by atoms with Crippen molar-refractivity contribution in [2.45, 2.75) is 11.8 Å². The molecule has 0 radical (unpaired) electrons. The van der Waals surface area contributed by atoms with E-state index in [-0.39, 0.29) is 22.8 Å². The molecule has 18 heavy (non-hydrogen) atoms. The summed E-state index contributed by atoms with van der Waals surface area (Å²) in [7, 11) is -2.32. The first-order valence-corrected chi connectivity index (χ1v) is 6.70. The molecule has 0 heterocycles. The first kappa shape index (κ1) is 14.6. The summed E-state index contributed by atoms with van der Waals surface area (Å²) in [6, 6.07) is 1.95. The molecule has 0 aromatic heterocycles. The number of ether oxygens (including phenoxy) is 1. The number of sulfone groups is 1. The van der Waals surface area contributed by atoms with E-state index in [4.69, 9.17) is 5.11 Å². The van der Waals surface area contributed by atoms with Crippen molar-refractivity contribution < 1.29 is 27.4 Å². The van der Waals surface area contributed by atoms with Gasteiger partial charge in [-0.15, -0.1) is 0 Å². The van der Waals surface area contributed by atoms with Crippen LogP contribution in [0.4, 0.5) is 4.39 Å². The molecular weight excluding hydrogens is 263 g/mol. The van der Waals surface area contributed by atoms with E-state index >= 15 is 0 Å². The van der Waals surface area contributed by atoms with Crippen LogP contribution in [0.3, 0.4) is 0 Å². The highest BCUT2D eigenvalue weighted by molar-refractivity contribution is 7.91. The topological polar surface area (TPSA) is 80.7 Å². The average Bonchev–Trinajstić information content (AvgIpc) is 2.29. The lowest BCUT2D eigenvalue weighted by atomic mass is 10.1. The molecule has 7 heteroatoms. The molecule has 0 aliphatic carbocycles. The molecule has 0 saturated heterocycles. The number of benzene rings is 1. The van der Waals surface area contributed by atoms with Gasteiger partial charge in [0.1, 0.15) is 5.82 Å². The summed E-state index contributed by atoms with van der Waals surface area (Å²) in [5.74, 6) is -2.71. The number of carbonyl (C=O) groups is 1. The summed E-state index contributed by atoms with van der Waals surface area (Å²) in [5, 5.41) is 8.80. The molecule has 100 valence electrons. The fourth-order valence-corrected chi connectivity index (χ4v) is 2.66. The summed E-state index contributed by atoms with van der Waals surface area (Å²) < 4.78 is 41.8. The second kappa shape index (κ2) is 5.45. The summed E-state index contributed by atoms with van der Waals surface area (Å²) in [5.41, 5.74) is -0.670.